The Morgan fingerprint density at radius 1 is 1.04 bits per heavy atom. The van der Waals surface area contributed by atoms with Crippen LogP contribution in [-0.4, -0.2) is 161 Å². The largest absolute Gasteiger partial charge is 2.00 e. The predicted octanol–water partition coefficient (Wildman–Crippen LogP) is -1.00. The number of ether oxygens (including phenoxy) is 2. The van der Waals surface area contributed by atoms with Crippen molar-refractivity contribution in [3.63, 3.8) is 0 Å². The molecule has 1 radical (unpaired) electrons. The summed E-state index contributed by atoms with van der Waals surface area (Å²) in [7, 11) is 5.19. The number of pyridine rings is 1. The van der Waals surface area contributed by atoms with Crippen LogP contribution in [0.2, 0.25) is 0 Å². The minimum Gasteiger partial charge on any atom is -0.635 e. The maximum absolute atomic E-state index is 13.3. The average molecular weight is 706 g/mol. The number of hydrogen-bond acceptors (Lipinski definition) is 13. The second kappa shape index (κ2) is 22.8. The molecule has 0 spiro atoms. The first-order valence-electron chi connectivity index (χ1n) is 15.5. The van der Waals surface area contributed by atoms with E-state index >= 15 is 0 Å². The Balaban J connectivity index is 0.0000110. The number of aromatic nitrogens is 1. The van der Waals surface area contributed by atoms with Crippen LogP contribution in [0.15, 0.2) is 18.2 Å². The standard InChI is InChI=1S/C31H50N6O9.Mn/c1-24-6-5-7-25(32-24)22-35(4)26(8-11-29(42)36(15-19-39)16-20-40)30(43)45-21-17-33(2)12-13-37-23-46-31(44)27(37)9-10-28(41)34(3)14-18-38;/h5-7,21,23,26-27,38-40H,8-20,22H2,1-4H3;/q-2;+2. The van der Waals surface area contributed by atoms with Crippen molar-refractivity contribution in [2.75, 3.05) is 80.2 Å². The number of cyclic esters (lactones) is 1. The molecule has 47 heavy (non-hydrogen) atoms. The van der Waals surface area contributed by atoms with Crippen molar-refractivity contribution in [3.05, 3.63) is 42.9 Å². The molecule has 1 saturated heterocycles. The van der Waals surface area contributed by atoms with E-state index in [-0.39, 0.29) is 94.0 Å². The minimum absolute atomic E-state index is 0. The molecule has 1 aromatic heterocycles. The summed E-state index contributed by atoms with van der Waals surface area (Å²) in [5.41, 5.74) is 1.60. The second-order valence-corrected chi connectivity index (χ2v) is 11.3. The van der Waals surface area contributed by atoms with Crippen molar-refractivity contribution >= 4 is 23.8 Å². The first kappa shape index (κ1) is 42.3. The third-order valence-electron chi connectivity index (χ3n) is 7.68. The molecule has 15 nitrogen and oxygen atoms in total. The number of likely N-dealkylation sites (N-methyl/N-ethyl adjacent to an activating group) is 3. The van der Waals surface area contributed by atoms with Crippen molar-refractivity contribution in [2.45, 2.75) is 51.2 Å². The third kappa shape index (κ3) is 15.0. The van der Waals surface area contributed by atoms with Gasteiger partial charge in [0.25, 0.3) is 11.9 Å². The van der Waals surface area contributed by atoms with E-state index in [0.29, 0.717) is 26.2 Å². The van der Waals surface area contributed by atoms with Crippen LogP contribution in [0.1, 0.15) is 37.1 Å². The summed E-state index contributed by atoms with van der Waals surface area (Å²) in [5, 5.41) is 27.6. The first-order chi connectivity index (χ1) is 22.0. The Labute approximate surface area is 288 Å². The fourth-order valence-corrected chi connectivity index (χ4v) is 4.92. The van der Waals surface area contributed by atoms with Gasteiger partial charge in [0.15, 0.2) is 0 Å². The summed E-state index contributed by atoms with van der Waals surface area (Å²) in [6.07, 6.45) is 0.602. The van der Waals surface area contributed by atoms with Gasteiger partial charge in [-0.3, -0.25) is 29.1 Å². The van der Waals surface area contributed by atoms with Crippen molar-refractivity contribution < 1.29 is 61.0 Å². The Bertz CT molecular complexity index is 1110. The Kier molecular flexibility index (Phi) is 20.5. The number of carbonyl (C=O) groups is 4. The van der Waals surface area contributed by atoms with E-state index in [0.717, 1.165) is 11.4 Å². The quantitative estimate of drug-likeness (QED) is 0.0762. The van der Waals surface area contributed by atoms with Gasteiger partial charge in [-0.25, -0.2) is 0 Å². The third-order valence-corrected chi connectivity index (χ3v) is 7.68. The zero-order valence-corrected chi connectivity index (χ0v) is 29.0. The molecule has 1 aliphatic rings. The van der Waals surface area contributed by atoms with Gasteiger partial charge in [-0.1, -0.05) is 19.3 Å². The molecule has 265 valence electrons. The van der Waals surface area contributed by atoms with Crippen LogP contribution < -0.4 is 0 Å². The fraction of sp³-hybridized carbons (Fsp3) is 0.645. The van der Waals surface area contributed by atoms with Crippen LogP contribution in [0, 0.1) is 20.3 Å². The summed E-state index contributed by atoms with van der Waals surface area (Å²) in [6.45, 7) is 6.01. The zero-order chi connectivity index (χ0) is 34.1. The number of hydrogen-bond donors (Lipinski definition) is 3. The summed E-state index contributed by atoms with van der Waals surface area (Å²) >= 11 is 0. The van der Waals surface area contributed by atoms with E-state index in [1.54, 1.807) is 23.9 Å². The van der Waals surface area contributed by atoms with Crippen LogP contribution >= 0.6 is 0 Å². The number of esters is 2. The van der Waals surface area contributed by atoms with E-state index in [2.05, 4.69) is 4.98 Å². The van der Waals surface area contributed by atoms with Gasteiger partial charge in [0, 0.05) is 58.3 Å². The van der Waals surface area contributed by atoms with Gasteiger partial charge in [-0.05, 0) is 52.5 Å². The summed E-state index contributed by atoms with van der Waals surface area (Å²) in [6, 6.07) is 4.27. The number of aliphatic hydroxyl groups excluding tert-OH is 3. The number of aliphatic hydroxyl groups is 3. The molecule has 1 fully saturated rings. The van der Waals surface area contributed by atoms with E-state index in [4.69, 9.17) is 14.6 Å². The molecule has 1 aromatic rings. The van der Waals surface area contributed by atoms with E-state index < -0.39 is 24.0 Å². The van der Waals surface area contributed by atoms with Crippen molar-refractivity contribution in [1.82, 2.24) is 29.5 Å². The molecule has 16 heteroatoms. The van der Waals surface area contributed by atoms with E-state index in [1.807, 2.05) is 37.1 Å². The molecule has 2 atom stereocenters. The first-order valence-corrected chi connectivity index (χ1v) is 15.5. The van der Waals surface area contributed by atoms with Gasteiger partial charge in [-0.2, -0.15) is 0 Å². The number of rotatable bonds is 22. The van der Waals surface area contributed by atoms with Crippen LogP contribution in [0.5, 0.6) is 0 Å². The summed E-state index contributed by atoms with van der Waals surface area (Å²) in [5.74, 6) is -1.41. The van der Waals surface area contributed by atoms with Crippen LogP contribution in [0.3, 0.4) is 0 Å². The predicted molar refractivity (Wildman–Crippen MR) is 167 cm³/mol. The summed E-state index contributed by atoms with van der Waals surface area (Å²) < 4.78 is 10.6. The van der Waals surface area contributed by atoms with Gasteiger partial charge >= 0.3 is 17.1 Å². The zero-order valence-electron chi connectivity index (χ0n) is 27.8. The van der Waals surface area contributed by atoms with Crippen molar-refractivity contribution in [2.24, 2.45) is 0 Å². The molecule has 3 N–H and O–H groups in total. The van der Waals surface area contributed by atoms with Gasteiger partial charge in [0.05, 0.1) is 31.6 Å². The molecule has 2 rings (SSSR count). The van der Waals surface area contributed by atoms with E-state index in [9.17, 15) is 29.4 Å². The molecule has 2 heterocycles. The molecule has 0 saturated carbocycles. The Morgan fingerprint density at radius 3 is 2.36 bits per heavy atom. The smallest absolute Gasteiger partial charge is 0.635 e. The number of aryl methyl sites for hydroxylation is 1. The fourth-order valence-electron chi connectivity index (χ4n) is 4.92. The SMILES string of the molecule is Cc1cccc(CN(C)C(CCC(=O)N(CCO)CCO)C(=O)O[CH-]CN(C)CCN2[CH-]OC(=O)C2CCC(=O)N(C)CCO)n1.[Mn+2]. The topological polar surface area (TPSA) is 177 Å². The normalized spacial score (nSPS) is 15.3. The molecule has 0 aliphatic carbocycles. The van der Waals surface area contributed by atoms with Crippen LogP contribution in [0.25, 0.3) is 0 Å². The van der Waals surface area contributed by atoms with E-state index in [1.165, 1.54) is 23.1 Å². The van der Waals surface area contributed by atoms with Gasteiger partial charge in [-0.15, -0.1) is 6.61 Å². The van der Waals surface area contributed by atoms with Gasteiger partial charge in [0.2, 0.25) is 11.8 Å². The molecular formula is C31H50MnN6O9. The molecule has 2 amide bonds. The monoisotopic (exact) mass is 705 g/mol. The van der Waals surface area contributed by atoms with Crippen molar-refractivity contribution in [1.29, 1.82) is 0 Å². The molecule has 0 aromatic carbocycles. The second-order valence-electron chi connectivity index (χ2n) is 11.3. The minimum atomic E-state index is -0.764. The van der Waals surface area contributed by atoms with Crippen molar-refractivity contribution in [3.8, 4) is 0 Å². The Hall–Kier alpha value is -2.69. The maximum Gasteiger partial charge on any atom is 2.00 e. The molecule has 1 aliphatic heterocycles. The molecule has 2 unspecified atom stereocenters. The van der Waals surface area contributed by atoms with Crippen LogP contribution in [-0.2, 0) is 52.3 Å². The summed E-state index contributed by atoms with van der Waals surface area (Å²) in [4.78, 5) is 63.2. The number of nitrogens with zero attached hydrogens (tertiary/aromatic N) is 6. The number of carbonyl (C=O) groups excluding carboxylic acids is 4. The van der Waals surface area contributed by atoms with Gasteiger partial charge in [0.1, 0.15) is 6.04 Å². The van der Waals surface area contributed by atoms with Gasteiger partial charge < -0.3 is 44.4 Å². The number of amides is 2. The molecular weight excluding hydrogens is 655 g/mol. The van der Waals surface area contributed by atoms with Crippen LogP contribution in [0.4, 0.5) is 0 Å². The average Bonchev–Trinajstić information content (AvgIpc) is 3.37. The maximum atomic E-state index is 13.3. The Morgan fingerprint density at radius 2 is 1.72 bits per heavy atom. The molecule has 0 bridgehead atoms.